The molecule has 0 saturated heterocycles. The number of benzene rings is 12. The molecule has 0 bridgehead atoms. The molecule has 1 aliphatic heterocycles. The maximum atomic E-state index is 7.20. The number of hydrogen-bond acceptors (Lipinski definition) is 2. The number of ether oxygens (including phenoxy) is 1. The molecule has 12 aromatic carbocycles. The van der Waals surface area contributed by atoms with Crippen LogP contribution < -0.4 is 9.64 Å². The number of nitrogens with zero attached hydrogens (tertiary/aromatic N) is 1. The van der Waals surface area contributed by atoms with Gasteiger partial charge in [0.15, 0.2) is 0 Å². The van der Waals surface area contributed by atoms with Gasteiger partial charge >= 0.3 is 0 Å². The molecular formula is C70H45NO. The van der Waals surface area contributed by atoms with Gasteiger partial charge in [0.05, 0.1) is 16.5 Å². The first-order chi connectivity index (χ1) is 35.7. The fourth-order valence-electron chi connectivity index (χ4n) is 13.1. The zero-order chi connectivity index (χ0) is 47.4. The van der Waals surface area contributed by atoms with Crippen molar-refractivity contribution in [1.29, 1.82) is 0 Å². The first-order valence-corrected chi connectivity index (χ1v) is 25.0. The molecule has 0 radical (unpaired) electrons. The van der Waals surface area contributed by atoms with Gasteiger partial charge in [-0.1, -0.05) is 237 Å². The van der Waals surface area contributed by atoms with Gasteiger partial charge in [-0.05, 0) is 108 Å². The number of rotatable bonds is 6. The number of hydrogen-bond donors (Lipinski definition) is 0. The lowest BCUT2D eigenvalue weighted by Crippen LogP contribution is -2.32. The predicted octanol–water partition coefficient (Wildman–Crippen LogP) is 18.0. The van der Waals surface area contributed by atoms with Crippen molar-refractivity contribution in [2.75, 3.05) is 4.90 Å². The molecular weight excluding hydrogens is 871 g/mol. The van der Waals surface area contributed by atoms with Crippen molar-refractivity contribution in [1.82, 2.24) is 0 Å². The Morgan fingerprint density at radius 3 is 1.40 bits per heavy atom. The molecule has 0 aromatic heterocycles. The van der Waals surface area contributed by atoms with E-state index in [-0.39, 0.29) is 0 Å². The number of para-hydroxylation sites is 1. The highest BCUT2D eigenvalue weighted by molar-refractivity contribution is 6.01. The highest BCUT2D eigenvalue weighted by atomic mass is 16.5. The van der Waals surface area contributed by atoms with E-state index in [0.717, 1.165) is 44.9 Å². The highest BCUT2D eigenvalue weighted by Gasteiger charge is 2.52. The first-order valence-electron chi connectivity index (χ1n) is 25.0. The lowest BCUT2D eigenvalue weighted by atomic mass is 9.65. The Morgan fingerprint density at radius 2 is 0.764 bits per heavy atom. The largest absolute Gasteiger partial charge is 0.455 e. The minimum atomic E-state index is -0.589. The summed E-state index contributed by atoms with van der Waals surface area (Å²) in [4.78, 5) is 2.45. The van der Waals surface area contributed by atoms with Crippen molar-refractivity contribution in [3.63, 3.8) is 0 Å². The average molecular weight is 916 g/mol. The second-order valence-corrected chi connectivity index (χ2v) is 19.4. The summed E-state index contributed by atoms with van der Waals surface area (Å²) >= 11 is 0. The van der Waals surface area contributed by atoms with Crippen molar-refractivity contribution in [3.05, 3.63) is 317 Å². The van der Waals surface area contributed by atoms with Crippen LogP contribution in [0, 0.1) is 0 Å². The van der Waals surface area contributed by atoms with Crippen LogP contribution in [0.2, 0.25) is 0 Å². The molecule has 1 heterocycles. The molecule has 72 heavy (non-hydrogen) atoms. The van der Waals surface area contributed by atoms with E-state index in [1.54, 1.807) is 0 Å². The summed E-state index contributed by atoms with van der Waals surface area (Å²) < 4.78 is 7.20. The fourth-order valence-corrected chi connectivity index (χ4v) is 13.1. The van der Waals surface area contributed by atoms with Crippen molar-refractivity contribution in [2.45, 2.75) is 10.8 Å². The van der Waals surface area contributed by atoms with E-state index < -0.39 is 10.8 Å². The van der Waals surface area contributed by atoms with Gasteiger partial charge in [-0.2, -0.15) is 0 Å². The molecule has 2 heteroatoms. The minimum absolute atomic E-state index is 0.502. The molecule has 0 N–H and O–H groups in total. The van der Waals surface area contributed by atoms with Gasteiger partial charge in [0.1, 0.15) is 11.5 Å². The van der Waals surface area contributed by atoms with E-state index in [9.17, 15) is 0 Å². The zero-order valence-electron chi connectivity index (χ0n) is 39.3. The Hall–Kier alpha value is -9.24. The molecule has 0 saturated carbocycles. The van der Waals surface area contributed by atoms with Gasteiger partial charge in [0, 0.05) is 38.8 Å². The third-order valence-electron chi connectivity index (χ3n) is 16.0. The molecule has 336 valence electrons. The molecule has 3 aliphatic rings. The normalized spacial score (nSPS) is 13.9. The van der Waals surface area contributed by atoms with E-state index >= 15 is 0 Å². The summed E-state index contributed by atoms with van der Waals surface area (Å²) in [5.41, 5.74) is 19.6. The molecule has 15 rings (SSSR count). The van der Waals surface area contributed by atoms with Crippen molar-refractivity contribution < 1.29 is 4.74 Å². The SMILES string of the molecule is c1ccc(N(c2ccc(-c3ccc4c(c3)-c3ccccc3C43c4ccc5ccccc5c4Oc4c3ccc3ccccc43)cc2)c2cccc3c2-c2ccccc2C3(c2ccccc2)c2ccccc2)cc1. The average Bonchev–Trinajstić information content (AvgIpc) is 3.93. The van der Waals surface area contributed by atoms with Crippen molar-refractivity contribution >= 4 is 38.6 Å². The smallest absolute Gasteiger partial charge is 0.140 e. The van der Waals surface area contributed by atoms with Crippen LogP contribution in [0.1, 0.15) is 44.5 Å². The Bertz CT molecular complexity index is 4000. The molecule has 0 fully saturated rings. The zero-order valence-corrected chi connectivity index (χ0v) is 39.3. The van der Waals surface area contributed by atoms with Crippen molar-refractivity contribution in [3.8, 4) is 44.9 Å². The van der Waals surface area contributed by atoms with Gasteiger partial charge in [-0.3, -0.25) is 0 Å². The van der Waals surface area contributed by atoms with Crippen LogP contribution in [0.3, 0.4) is 0 Å². The fraction of sp³-hybridized carbons (Fsp3) is 0.0286. The van der Waals surface area contributed by atoms with Gasteiger partial charge < -0.3 is 9.64 Å². The van der Waals surface area contributed by atoms with E-state index in [1.165, 1.54) is 83.1 Å². The van der Waals surface area contributed by atoms with Crippen LogP contribution in [0.15, 0.2) is 273 Å². The van der Waals surface area contributed by atoms with Gasteiger partial charge in [0.25, 0.3) is 0 Å². The first kappa shape index (κ1) is 40.6. The standard InChI is InChI=1S/C70H45NO/c1-4-21-50(22-5-1)69(51-23-6-2-7-24-51)60-32-17-15-30-57(60)66-62(69)33-18-34-65(66)71(52-25-8-3-9-26-52)53-40-35-46(36-41-53)49-39-42-61-58(45-49)56-29-14-16-31-59(56)70(61)63-43-37-47-19-10-12-27-54(47)67(63)72-68-55-28-13-11-20-48(55)38-44-64(68)70/h1-45H. The Labute approximate surface area is 419 Å². The summed E-state index contributed by atoms with van der Waals surface area (Å²) in [5, 5.41) is 4.58. The lowest BCUT2D eigenvalue weighted by Gasteiger charge is -2.40. The van der Waals surface area contributed by atoms with Crippen LogP contribution in [0.25, 0.3) is 54.9 Å². The van der Waals surface area contributed by atoms with Gasteiger partial charge in [-0.25, -0.2) is 0 Å². The summed E-state index contributed by atoms with van der Waals surface area (Å²) in [6, 6.07) is 101. The molecule has 1 spiro atoms. The maximum Gasteiger partial charge on any atom is 0.140 e. The van der Waals surface area contributed by atoms with E-state index in [4.69, 9.17) is 4.74 Å². The summed E-state index contributed by atoms with van der Waals surface area (Å²) in [6.45, 7) is 0. The Balaban J connectivity index is 0.896. The van der Waals surface area contributed by atoms with E-state index in [1.807, 2.05) is 0 Å². The third kappa shape index (κ3) is 5.55. The third-order valence-corrected chi connectivity index (χ3v) is 16.0. The lowest BCUT2D eigenvalue weighted by molar-refractivity contribution is 0.447. The Morgan fingerprint density at radius 1 is 0.292 bits per heavy atom. The van der Waals surface area contributed by atoms with E-state index in [0.29, 0.717) is 0 Å². The van der Waals surface area contributed by atoms with E-state index in [2.05, 4.69) is 278 Å². The molecule has 2 aliphatic carbocycles. The molecule has 12 aromatic rings. The summed E-state index contributed by atoms with van der Waals surface area (Å²) in [7, 11) is 0. The molecule has 2 nitrogen and oxygen atoms in total. The summed E-state index contributed by atoms with van der Waals surface area (Å²) in [6.07, 6.45) is 0. The minimum Gasteiger partial charge on any atom is -0.455 e. The molecule has 0 atom stereocenters. The predicted molar refractivity (Wildman–Crippen MR) is 296 cm³/mol. The number of anilines is 3. The second kappa shape index (κ2) is 15.6. The quantitative estimate of drug-likeness (QED) is 0.165. The maximum absolute atomic E-state index is 7.20. The van der Waals surface area contributed by atoms with Gasteiger partial charge in [-0.15, -0.1) is 0 Å². The second-order valence-electron chi connectivity index (χ2n) is 19.4. The highest BCUT2D eigenvalue weighted by Crippen LogP contribution is 2.65. The van der Waals surface area contributed by atoms with Gasteiger partial charge in [0.2, 0.25) is 0 Å². The van der Waals surface area contributed by atoms with Crippen LogP contribution >= 0.6 is 0 Å². The topological polar surface area (TPSA) is 12.5 Å². The van der Waals surface area contributed by atoms with Crippen LogP contribution in [0.5, 0.6) is 11.5 Å². The monoisotopic (exact) mass is 915 g/mol. The Kier molecular flexibility index (Phi) is 8.82. The van der Waals surface area contributed by atoms with Crippen LogP contribution in [-0.4, -0.2) is 0 Å². The van der Waals surface area contributed by atoms with Crippen LogP contribution in [0.4, 0.5) is 17.1 Å². The van der Waals surface area contributed by atoms with Crippen LogP contribution in [-0.2, 0) is 10.8 Å². The number of fused-ring (bicyclic) bond motifs is 16. The van der Waals surface area contributed by atoms with Crippen molar-refractivity contribution in [2.24, 2.45) is 0 Å². The molecule has 0 unspecified atom stereocenters. The summed E-state index contributed by atoms with van der Waals surface area (Å²) in [5.74, 6) is 1.86. The molecule has 0 amide bonds.